The first-order valence-electron chi connectivity index (χ1n) is 5.49. The summed E-state index contributed by atoms with van der Waals surface area (Å²) in [5.41, 5.74) is 1.96. The fourth-order valence-electron chi connectivity index (χ4n) is 1.38. The summed E-state index contributed by atoms with van der Waals surface area (Å²) in [4.78, 5) is 5.33. The van der Waals surface area contributed by atoms with Crippen LogP contribution in [0.1, 0.15) is 25.1 Å². The summed E-state index contributed by atoms with van der Waals surface area (Å²) in [7, 11) is 0. The highest BCUT2D eigenvalue weighted by Crippen LogP contribution is 2.35. The van der Waals surface area contributed by atoms with Gasteiger partial charge in [-0.05, 0) is 17.9 Å². The lowest BCUT2D eigenvalue weighted by Gasteiger charge is -2.03. The Hall–Kier alpha value is -0.840. The second-order valence-electron chi connectivity index (χ2n) is 4.24. The van der Waals surface area contributed by atoms with E-state index in [4.69, 9.17) is 16.0 Å². The van der Waals surface area contributed by atoms with Crippen molar-refractivity contribution >= 4 is 22.9 Å². The fraction of sp³-hybridized carbons (Fsp3) is 0.417. The SMILES string of the molecule is Cc1csc(-c2nc(CNC(C)C)co2)c1Cl. The van der Waals surface area contributed by atoms with Crippen LogP contribution in [0.3, 0.4) is 0 Å². The molecule has 0 radical (unpaired) electrons. The van der Waals surface area contributed by atoms with Gasteiger partial charge in [0, 0.05) is 12.6 Å². The summed E-state index contributed by atoms with van der Waals surface area (Å²) in [5.74, 6) is 0.605. The Morgan fingerprint density at radius 3 is 2.88 bits per heavy atom. The van der Waals surface area contributed by atoms with Gasteiger partial charge in [-0.3, -0.25) is 0 Å². The van der Waals surface area contributed by atoms with Gasteiger partial charge in [0.1, 0.15) is 11.1 Å². The summed E-state index contributed by atoms with van der Waals surface area (Å²) in [6.07, 6.45) is 1.68. The Kier molecular flexibility index (Phi) is 3.86. The van der Waals surface area contributed by atoms with Crippen molar-refractivity contribution in [3.05, 3.63) is 27.9 Å². The van der Waals surface area contributed by atoms with Gasteiger partial charge in [0.15, 0.2) is 0 Å². The number of hydrogen-bond donors (Lipinski definition) is 1. The number of halogens is 1. The lowest BCUT2D eigenvalue weighted by Crippen LogP contribution is -2.21. The van der Waals surface area contributed by atoms with Gasteiger partial charge in [0.25, 0.3) is 0 Å². The molecule has 1 N–H and O–H groups in total. The molecule has 0 atom stereocenters. The minimum absolute atomic E-state index is 0.433. The highest BCUT2D eigenvalue weighted by Gasteiger charge is 2.14. The Balaban J connectivity index is 2.15. The minimum atomic E-state index is 0.433. The van der Waals surface area contributed by atoms with Crippen LogP contribution in [-0.4, -0.2) is 11.0 Å². The summed E-state index contributed by atoms with van der Waals surface area (Å²) in [5, 5.41) is 6.04. The average Bonchev–Trinajstić information content (AvgIpc) is 2.85. The van der Waals surface area contributed by atoms with E-state index in [1.165, 1.54) is 0 Å². The minimum Gasteiger partial charge on any atom is -0.443 e. The predicted octanol–water partition coefficient (Wildman–Crippen LogP) is 3.86. The van der Waals surface area contributed by atoms with Crippen molar-refractivity contribution in [3.8, 4) is 10.8 Å². The third kappa shape index (κ3) is 2.89. The molecule has 92 valence electrons. The highest BCUT2D eigenvalue weighted by molar-refractivity contribution is 7.14. The van der Waals surface area contributed by atoms with E-state index in [9.17, 15) is 0 Å². The van der Waals surface area contributed by atoms with Gasteiger partial charge < -0.3 is 9.73 Å². The number of nitrogens with zero attached hydrogens (tertiary/aromatic N) is 1. The van der Waals surface area contributed by atoms with E-state index in [2.05, 4.69) is 24.1 Å². The number of oxazole rings is 1. The lowest BCUT2D eigenvalue weighted by molar-refractivity contribution is 0.561. The normalized spacial score (nSPS) is 11.4. The first kappa shape index (κ1) is 12.6. The molecule has 0 fully saturated rings. The standard InChI is InChI=1S/C12H15ClN2OS/c1-7(2)14-4-9-5-16-12(15-9)11-10(13)8(3)6-17-11/h5-7,14H,4H2,1-3H3. The summed E-state index contributed by atoms with van der Waals surface area (Å²) >= 11 is 7.73. The van der Waals surface area contributed by atoms with Crippen LogP contribution in [0.15, 0.2) is 16.1 Å². The Bertz CT molecular complexity index is 504. The lowest BCUT2D eigenvalue weighted by atomic mass is 10.3. The Labute approximate surface area is 110 Å². The Morgan fingerprint density at radius 2 is 2.29 bits per heavy atom. The molecular weight excluding hydrogens is 256 g/mol. The van der Waals surface area contributed by atoms with Crippen LogP contribution >= 0.6 is 22.9 Å². The second kappa shape index (κ2) is 5.21. The third-order valence-corrected chi connectivity index (χ3v) is 4.02. The maximum absolute atomic E-state index is 6.17. The Morgan fingerprint density at radius 1 is 1.53 bits per heavy atom. The van der Waals surface area contributed by atoms with Crippen molar-refractivity contribution in [3.63, 3.8) is 0 Å². The maximum atomic E-state index is 6.17. The number of thiophene rings is 1. The number of nitrogens with one attached hydrogen (secondary N) is 1. The van der Waals surface area contributed by atoms with Crippen molar-refractivity contribution in [1.82, 2.24) is 10.3 Å². The van der Waals surface area contributed by atoms with E-state index < -0.39 is 0 Å². The zero-order valence-electron chi connectivity index (χ0n) is 10.1. The predicted molar refractivity (Wildman–Crippen MR) is 71.5 cm³/mol. The van der Waals surface area contributed by atoms with E-state index in [1.54, 1.807) is 17.6 Å². The van der Waals surface area contributed by atoms with E-state index in [1.807, 2.05) is 12.3 Å². The van der Waals surface area contributed by atoms with Gasteiger partial charge in [-0.2, -0.15) is 0 Å². The third-order valence-electron chi connectivity index (χ3n) is 2.34. The molecular formula is C12H15ClN2OS. The first-order valence-corrected chi connectivity index (χ1v) is 6.75. The molecule has 2 heterocycles. The van der Waals surface area contributed by atoms with E-state index in [0.29, 0.717) is 18.5 Å². The molecule has 0 bridgehead atoms. The maximum Gasteiger partial charge on any atom is 0.238 e. The number of rotatable bonds is 4. The van der Waals surface area contributed by atoms with Gasteiger partial charge >= 0.3 is 0 Å². The molecule has 0 saturated carbocycles. The van der Waals surface area contributed by atoms with Gasteiger partial charge in [0.05, 0.1) is 10.7 Å². The molecule has 5 heteroatoms. The molecule has 2 rings (SSSR count). The summed E-state index contributed by atoms with van der Waals surface area (Å²) < 4.78 is 5.45. The van der Waals surface area contributed by atoms with Gasteiger partial charge in [-0.25, -0.2) is 4.98 Å². The molecule has 0 saturated heterocycles. The van der Waals surface area contributed by atoms with E-state index in [-0.39, 0.29) is 0 Å². The quantitative estimate of drug-likeness (QED) is 0.917. The molecule has 0 aliphatic heterocycles. The summed E-state index contributed by atoms with van der Waals surface area (Å²) in [6, 6.07) is 0.433. The van der Waals surface area contributed by atoms with Crippen molar-refractivity contribution in [2.24, 2.45) is 0 Å². The van der Waals surface area contributed by atoms with Crippen LogP contribution in [-0.2, 0) is 6.54 Å². The number of hydrogen-bond acceptors (Lipinski definition) is 4. The smallest absolute Gasteiger partial charge is 0.238 e. The van der Waals surface area contributed by atoms with Crippen molar-refractivity contribution in [2.45, 2.75) is 33.4 Å². The molecule has 0 amide bonds. The van der Waals surface area contributed by atoms with Crippen molar-refractivity contribution in [2.75, 3.05) is 0 Å². The average molecular weight is 271 g/mol. The monoisotopic (exact) mass is 270 g/mol. The van der Waals surface area contributed by atoms with Crippen molar-refractivity contribution < 1.29 is 4.42 Å². The molecule has 3 nitrogen and oxygen atoms in total. The number of aryl methyl sites for hydroxylation is 1. The van der Waals surface area contributed by atoms with Crippen LogP contribution in [0.2, 0.25) is 5.02 Å². The second-order valence-corrected chi connectivity index (χ2v) is 5.50. The first-order chi connectivity index (χ1) is 8.08. The van der Waals surface area contributed by atoms with E-state index in [0.717, 1.165) is 21.2 Å². The number of aromatic nitrogens is 1. The largest absolute Gasteiger partial charge is 0.443 e. The van der Waals surface area contributed by atoms with Gasteiger partial charge in [-0.15, -0.1) is 11.3 Å². The molecule has 0 aromatic carbocycles. The molecule has 0 aliphatic carbocycles. The van der Waals surface area contributed by atoms with Gasteiger partial charge in [0.2, 0.25) is 5.89 Å². The fourth-order valence-corrected chi connectivity index (χ4v) is 2.58. The zero-order chi connectivity index (χ0) is 12.4. The van der Waals surface area contributed by atoms with Gasteiger partial charge in [-0.1, -0.05) is 25.4 Å². The van der Waals surface area contributed by atoms with Crippen LogP contribution < -0.4 is 5.32 Å². The van der Waals surface area contributed by atoms with Crippen LogP contribution in [0.4, 0.5) is 0 Å². The summed E-state index contributed by atoms with van der Waals surface area (Å²) in [6.45, 7) is 6.89. The van der Waals surface area contributed by atoms with Crippen LogP contribution in [0.5, 0.6) is 0 Å². The van der Waals surface area contributed by atoms with E-state index >= 15 is 0 Å². The van der Waals surface area contributed by atoms with Crippen LogP contribution in [0.25, 0.3) is 10.8 Å². The molecule has 2 aromatic heterocycles. The molecule has 17 heavy (non-hydrogen) atoms. The molecule has 0 spiro atoms. The molecule has 0 unspecified atom stereocenters. The molecule has 0 aliphatic rings. The van der Waals surface area contributed by atoms with Crippen LogP contribution in [0, 0.1) is 6.92 Å². The zero-order valence-corrected chi connectivity index (χ0v) is 11.7. The highest BCUT2D eigenvalue weighted by atomic mass is 35.5. The topological polar surface area (TPSA) is 38.1 Å². The molecule has 2 aromatic rings. The van der Waals surface area contributed by atoms with Crippen molar-refractivity contribution in [1.29, 1.82) is 0 Å².